The number of phenols is 2. The summed E-state index contributed by atoms with van der Waals surface area (Å²) in [6.07, 6.45) is 0.797. The molecule has 0 heterocycles. The molecule has 0 spiro atoms. The van der Waals surface area contributed by atoms with Gasteiger partial charge in [-0.2, -0.15) is 0 Å². The Balaban J connectivity index is 1.79. The molecule has 0 aromatic heterocycles. The summed E-state index contributed by atoms with van der Waals surface area (Å²) in [6.45, 7) is 2.84. The van der Waals surface area contributed by atoms with E-state index < -0.39 is 0 Å². The monoisotopic (exact) mass is 486 g/mol. The first-order chi connectivity index (χ1) is 17.5. The molecule has 4 aromatic carbocycles. The lowest BCUT2D eigenvalue weighted by Crippen LogP contribution is -2.03. The molecule has 0 amide bonds. The van der Waals surface area contributed by atoms with Gasteiger partial charge in [0.2, 0.25) is 0 Å². The van der Waals surface area contributed by atoms with E-state index in [0.717, 1.165) is 23.1 Å². The van der Waals surface area contributed by atoms with Gasteiger partial charge in [-0.15, -0.1) is 0 Å². The van der Waals surface area contributed by atoms with Crippen molar-refractivity contribution in [1.82, 2.24) is 0 Å². The highest BCUT2D eigenvalue weighted by atomic mass is 16.5. The van der Waals surface area contributed by atoms with E-state index in [1.165, 1.54) is 0 Å². The number of aromatic hydroxyl groups is 2. The Kier molecular flexibility index (Phi) is 7.85. The van der Waals surface area contributed by atoms with Crippen LogP contribution in [0.2, 0.25) is 0 Å². The fourth-order valence-electron chi connectivity index (χ4n) is 3.98. The maximum atomic E-state index is 10.8. The Morgan fingerprint density at radius 2 is 1.42 bits per heavy atom. The fraction of sp³-hybridized carbons (Fsp3) is 0.200. The van der Waals surface area contributed by atoms with E-state index in [-0.39, 0.29) is 11.5 Å². The maximum Gasteiger partial charge on any atom is 0.173 e. The number of phenolic OH excluding ortho intramolecular Hbond substituents is 2. The van der Waals surface area contributed by atoms with Gasteiger partial charge in [0.15, 0.2) is 23.0 Å². The first-order valence-corrected chi connectivity index (χ1v) is 11.8. The second-order valence-electron chi connectivity index (χ2n) is 8.22. The van der Waals surface area contributed by atoms with Crippen molar-refractivity contribution >= 4 is 0 Å². The minimum absolute atomic E-state index is 0.00787. The van der Waals surface area contributed by atoms with Gasteiger partial charge in [0, 0.05) is 5.56 Å². The summed E-state index contributed by atoms with van der Waals surface area (Å²) in [6, 6.07) is 23.7. The van der Waals surface area contributed by atoms with Crippen molar-refractivity contribution in [2.75, 3.05) is 20.8 Å². The predicted octanol–water partition coefficient (Wildman–Crippen LogP) is 6.82. The Bertz CT molecular complexity index is 1300. The molecule has 0 bridgehead atoms. The summed E-state index contributed by atoms with van der Waals surface area (Å²) >= 11 is 0. The summed E-state index contributed by atoms with van der Waals surface area (Å²) in [4.78, 5) is 0. The molecule has 0 aliphatic heterocycles. The third-order valence-electron chi connectivity index (χ3n) is 5.74. The third-order valence-corrected chi connectivity index (χ3v) is 5.74. The van der Waals surface area contributed by atoms with Crippen molar-refractivity contribution < 1.29 is 29.2 Å². The molecule has 36 heavy (non-hydrogen) atoms. The van der Waals surface area contributed by atoms with E-state index >= 15 is 0 Å². The topological polar surface area (TPSA) is 77.4 Å². The van der Waals surface area contributed by atoms with Crippen molar-refractivity contribution in [3.63, 3.8) is 0 Å². The van der Waals surface area contributed by atoms with Crippen molar-refractivity contribution in [2.45, 2.75) is 20.0 Å². The van der Waals surface area contributed by atoms with Gasteiger partial charge in [-0.25, -0.2) is 0 Å². The van der Waals surface area contributed by atoms with Gasteiger partial charge < -0.3 is 29.2 Å². The SMILES string of the molecule is CCCOc1c(OC)c(-c2ccc(O)cc2)cc(OC)c1-c1ccc(OCc2ccccc2)c(O)c1. The Morgan fingerprint density at radius 3 is 2.06 bits per heavy atom. The summed E-state index contributed by atoms with van der Waals surface area (Å²) in [7, 11) is 3.18. The van der Waals surface area contributed by atoms with E-state index in [1.807, 2.05) is 49.4 Å². The van der Waals surface area contributed by atoms with Crippen molar-refractivity contribution in [3.8, 4) is 56.8 Å². The van der Waals surface area contributed by atoms with E-state index in [0.29, 0.717) is 47.3 Å². The normalized spacial score (nSPS) is 10.6. The van der Waals surface area contributed by atoms with Crippen molar-refractivity contribution in [2.24, 2.45) is 0 Å². The largest absolute Gasteiger partial charge is 0.508 e. The van der Waals surface area contributed by atoms with E-state index in [1.54, 1.807) is 50.6 Å². The number of rotatable bonds is 10. The summed E-state index contributed by atoms with van der Waals surface area (Å²) in [5.74, 6) is 2.17. The number of hydrogen-bond acceptors (Lipinski definition) is 6. The second kappa shape index (κ2) is 11.4. The predicted molar refractivity (Wildman–Crippen MR) is 140 cm³/mol. The molecule has 0 aliphatic carbocycles. The molecule has 0 saturated heterocycles. The molecule has 0 fully saturated rings. The highest BCUT2D eigenvalue weighted by molar-refractivity contribution is 5.88. The number of ether oxygens (including phenoxy) is 4. The standard InChI is InChI=1S/C30H30O6/c1-4-16-35-30-28(22-12-15-26(25(32)17-22)36-19-20-8-6-5-7-9-20)27(33-2)18-24(29(30)34-3)21-10-13-23(31)14-11-21/h5-15,17-18,31-32H,4,16,19H2,1-3H3. The average Bonchev–Trinajstić information content (AvgIpc) is 2.91. The van der Waals surface area contributed by atoms with Crippen LogP contribution in [0.1, 0.15) is 18.9 Å². The molecule has 6 heteroatoms. The van der Waals surface area contributed by atoms with Gasteiger partial charge in [-0.05, 0) is 53.4 Å². The van der Waals surface area contributed by atoms with Crippen LogP contribution >= 0.6 is 0 Å². The lowest BCUT2D eigenvalue weighted by molar-refractivity contribution is 0.289. The third kappa shape index (κ3) is 5.33. The van der Waals surface area contributed by atoms with Crippen molar-refractivity contribution in [3.05, 3.63) is 84.4 Å². The van der Waals surface area contributed by atoms with Gasteiger partial charge in [-0.1, -0.05) is 55.5 Å². The minimum atomic E-state index is 0.00787. The van der Waals surface area contributed by atoms with Crippen LogP contribution < -0.4 is 18.9 Å². The zero-order chi connectivity index (χ0) is 25.5. The van der Waals surface area contributed by atoms with E-state index in [4.69, 9.17) is 18.9 Å². The first-order valence-electron chi connectivity index (χ1n) is 11.8. The summed E-state index contributed by atoms with van der Waals surface area (Å²) in [5.41, 5.74) is 3.96. The summed E-state index contributed by atoms with van der Waals surface area (Å²) < 4.78 is 23.7. The van der Waals surface area contributed by atoms with Gasteiger partial charge in [0.25, 0.3) is 0 Å². The molecule has 0 unspecified atom stereocenters. The van der Waals surface area contributed by atoms with Crippen LogP contribution in [-0.4, -0.2) is 31.0 Å². The Morgan fingerprint density at radius 1 is 0.694 bits per heavy atom. The number of benzene rings is 4. The lowest BCUT2D eigenvalue weighted by Gasteiger charge is -2.21. The molecule has 186 valence electrons. The highest BCUT2D eigenvalue weighted by Gasteiger charge is 2.24. The molecule has 0 radical (unpaired) electrons. The summed E-state index contributed by atoms with van der Waals surface area (Å²) in [5, 5.41) is 20.5. The van der Waals surface area contributed by atoms with Crippen LogP contribution in [0.4, 0.5) is 0 Å². The van der Waals surface area contributed by atoms with Gasteiger partial charge in [-0.3, -0.25) is 0 Å². The Hall–Kier alpha value is -4.32. The first kappa shape index (κ1) is 24.8. The van der Waals surface area contributed by atoms with Crippen LogP contribution in [0.25, 0.3) is 22.3 Å². The molecule has 6 nitrogen and oxygen atoms in total. The molecular formula is C30H30O6. The number of hydrogen-bond donors (Lipinski definition) is 2. The Labute approximate surface area is 211 Å². The van der Waals surface area contributed by atoms with Crippen LogP contribution in [0.5, 0.6) is 34.5 Å². The van der Waals surface area contributed by atoms with E-state index in [9.17, 15) is 10.2 Å². The van der Waals surface area contributed by atoms with Crippen LogP contribution in [-0.2, 0) is 6.61 Å². The van der Waals surface area contributed by atoms with Gasteiger partial charge >= 0.3 is 0 Å². The fourth-order valence-corrected chi connectivity index (χ4v) is 3.98. The highest BCUT2D eigenvalue weighted by Crippen LogP contribution is 2.51. The molecule has 2 N–H and O–H groups in total. The zero-order valence-corrected chi connectivity index (χ0v) is 20.7. The lowest BCUT2D eigenvalue weighted by atomic mass is 9.96. The molecular weight excluding hydrogens is 456 g/mol. The van der Waals surface area contributed by atoms with Crippen molar-refractivity contribution in [1.29, 1.82) is 0 Å². The van der Waals surface area contributed by atoms with Crippen LogP contribution in [0.3, 0.4) is 0 Å². The maximum absolute atomic E-state index is 10.8. The molecule has 0 atom stereocenters. The molecule has 0 saturated carbocycles. The smallest absolute Gasteiger partial charge is 0.173 e. The number of methoxy groups -OCH3 is 2. The average molecular weight is 487 g/mol. The molecule has 4 rings (SSSR count). The van der Waals surface area contributed by atoms with Gasteiger partial charge in [0.05, 0.1) is 26.4 Å². The van der Waals surface area contributed by atoms with Gasteiger partial charge in [0.1, 0.15) is 18.1 Å². The van der Waals surface area contributed by atoms with E-state index in [2.05, 4.69) is 0 Å². The van der Waals surface area contributed by atoms with Crippen LogP contribution in [0.15, 0.2) is 78.9 Å². The van der Waals surface area contributed by atoms with Crippen LogP contribution in [0, 0.1) is 0 Å². The zero-order valence-electron chi connectivity index (χ0n) is 20.7. The quantitative estimate of drug-likeness (QED) is 0.256. The minimum Gasteiger partial charge on any atom is -0.508 e. The molecule has 4 aromatic rings. The second-order valence-corrected chi connectivity index (χ2v) is 8.22. The molecule has 0 aliphatic rings.